The summed E-state index contributed by atoms with van der Waals surface area (Å²) in [6, 6.07) is 6.07. The predicted octanol–water partition coefficient (Wildman–Crippen LogP) is 2.42. The molecule has 0 aliphatic carbocycles. The highest BCUT2D eigenvalue weighted by molar-refractivity contribution is 7.89. The van der Waals surface area contributed by atoms with Gasteiger partial charge in [0.25, 0.3) is 5.91 Å². The standard InChI is InChI=1S/C18H25N3O5S/c1-4-21(5-2)27(23,24)17-10-14(7-8-16(17)25-6-3)20-18(22)13-9-15(11-19)26-12-13/h7-10,12H,4-6,11,19H2,1-3H3,(H,20,22). The molecular weight excluding hydrogens is 370 g/mol. The van der Waals surface area contributed by atoms with Gasteiger partial charge in [0.15, 0.2) is 0 Å². The number of nitrogens with two attached hydrogens (primary N) is 1. The van der Waals surface area contributed by atoms with Gasteiger partial charge < -0.3 is 20.2 Å². The zero-order valence-corrected chi connectivity index (χ0v) is 16.5. The van der Waals surface area contributed by atoms with Gasteiger partial charge in [-0.15, -0.1) is 0 Å². The molecule has 3 N–H and O–H groups in total. The molecule has 1 heterocycles. The number of amides is 1. The van der Waals surface area contributed by atoms with Gasteiger partial charge in [-0.05, 0) is 31.2 Å². The molecular formula is C18H25N3O5S. The summed E-state index contributed by atoms with van der Waals surface area (Å²) in [7, 11) is -3.75. The molecule has 1 amide bonds. The van der Waals surface area contributed by atoms with Crippen molar-refractivity contribution in [3.8, 4) is 5.75 Å². The summed E-state index contributed by atoms with van der Waals surface area (Å²) in [5.41, 5.74) is 6.11. The molecule has 0 fully saturated rings. The minimum Gasteiger partial charge on any atom is -0.492 e. The third-order valence-corrected chi connectivity index (χ3v) is 6.01. The summed E-state index contributed by atoms with van der Waals surface area (Å²) in [6.07, 6.45) is 1.31. The van der Waals surface area contributed by atoms with Gasteiger partial charge in [0.1, 0.15) is 22.7 Å². The second-order valence-corrected chi connectivity index (χ2v) is 7.55. The summed E-state index contributed by atoms with van der Waals surface area (Å²) in [5, 5.41) is 2.67. The van der Waals surface area contributed by atoms with E-state index in [1.807, 2.05) is 0 Å². The Balaban J connectivity index is 2.38. The minimum atomic E-state index is -3.75. The zero-order chi connectivity index (χ0) is 20.0. The Morgan fingerprint density at radius 2 is 1.93 bits per heavy atom. The molecule has 0 bridgehead atoms. The van der Waals surface area contributed by atoms with Gasteiger partial charge >= 0.3 is 0 Å². The lowest BCUT2D eigenvalue weighted by atomic mass is 10.2. The maximum absolute atomic E-state index is 12.9. The topological polar surface area (TPSA) is 115 Å². The molecule has 2 rings (SSSR count). The molecule has 1 aromatic heterocycles. The number of carbonyl (C=O) groups excluding carboxylic acids is 1. The van der Waals surface area contributed by atoms with Crippen LogP contribution in [-0.2, 0) is 16.6 Å². The van der Waals surface area contributed by atoms with E-state index in [-0.39, 0.29) is 17.2 Å². The average Bonchev–Trinajstić information content (AvgIpc) is 3.13. The lowest BCUT2D eigenvalue weighted by Gasteiger charge is -2.21. The van der Waals surface area contributed by atoms with Crippen LogP contribution < -0.4 is 15.8 Å². The van der Waals surface area contributed by atoms with E-state index in [0.29, 0.717) is 36.7 Å². The molecule has 0 radical (unpaired) electrons. The van der Waals surface area contributed by atoms with Gasteiger partial charge in [0.2, 0.25) is 10.0 Å². The Kier molecular flexibility index (Phi) is 7.00. The first-order valence-corrected chi connectivity index (χ1v) is 10.2. The number of rotatable bonds is 9. The van der Waals surface area contributed by atoms with Gasteiger partial charge in [-0.25, -0.2) is 8.42 Å². The first kappa shape index (κ1) is 20.9. The van der Waals surface area contributed by atoms with Crippen LogP contribution in [0, 0.1) is 0 Å². The highest BCUT2D eigenvalue weighted by atomic mass is 32.2. The molecule has 148 valence electrons. The van der Waals surface area contributed by atoms with Crippen LogP contribution in [0.4, 0.5) is 5.69 Å². The number of furan rings is 1. The number of carbonyl (C=O) groups is 1. The van der Waals surface area contributed by atoms with Crippen LogP contribution in [-0.4, -0.2) is 38.3 Å². The molecule has 8 nitrogen and oxygen atoms in total. The fourth-order valence-electron chi connectivity index (χ4n) is 2.57. The van der Waals surface area contributed by atoms with Gasteiger partial charge in [0.05, 0.1) is 18.7 Å². The Morgan fingerprint density at radius 1 is 1.22 bits per heavy atom. The second-order valence-electron chi connectivity index (χ2n) is 5.64. The number of anilines is 1. The molecule has 0 unspecified atom stereocenters. The van der Waals surface area contributed by atoms with Crippen molar-refractivity contribution in [3.05, 3.63) is 41.9 Å². The maximum atomic E-state index is 12.9. The van der Waals surface area contributed by atoms with Gasteiger partial charge in [0, 0.05) is 18.8 Å². The van der Waals surface area contributed by atoms with Crippen molar-refractivity contribution in [2.75, 3.05) is 25.0 Å². The summed E-state index contributed by atoms with van der Waals surface area (Å²) in [5.74, 6) is 0.307. The smallest absolute Gasteiger partial charge is 0.258 e. The first-order chi connectivity index (χ1) is 12.9. The maximum Gasteiger partial charge on any atom is 0.258 e. The molecule has 2 aromatic rings. The number of sulfonamides is 1. The molecule has 0 saturated heterocycles. The summed E-state index contributed by atoms with van der Waals surface area (Å²) < 4.78 is 37.9. The normalized spacial score (nSPS) is 11.6. The quantitative estimate of drug-likeness (QED) is 0.674. The van der Waals surface area contributed by atoms with Crippen molar-refractivity contribution in [1.82, 2.24) is 4.31 Å². The van der Waals surface area contributed by atoms with Gasteiger partial charge in [-0.2, -0.15) is 4.31 Å². The number of hydrogen-bond acceptors (Lipinski definition) is 6. The average molecular weight is 395 g/mol. The predicted molar refractivity (Wildman–Crippen MR) is 102 cm³/mol. The van der Waals surface area contributed by atoms with Crippen molar-refractivity contribution in [2.45, 2.75) is 32.2 Å². The van der Waals surface area contributed by atoms with E-state index in [0.717, 1.165) is 0 Å². The molecule has 0 aliphatic rings. The van der Waals surface area contributed by atoms with Crippen molar-refractivity contribution in [2.24, 2.45) is 5.73 Å². The van der Waals surface area contributed by atoms with E-state index in [1.54, 1.807) is 26.8 Å². The molecule has 1 aromatic carbocycles. The zero-order valence-electron chi connectivity index (χ0n) is 15.7. The highest BCUT2D eigenvalue weighted by Gasteiger charge is 2.26. The SMILES string of the molecule is CCOc1ccc(NC(=O)c2coc(CN)c2)cc1S(=O)(=O)N(CC)CC. The first-order valence-electron chi connectivity index (χ1n) is 8.73. The number of ether oxygens (including phenoxy) is 1. The molecule has 0 spiro atoms. The molecule has 9 heteroatoms. The van der Waals surface area contributed by atoms with E-state index in [9.17, 15) is 13.2 Å². The van der Waals surface area contributed by atoms with Crippen LogP contribution in [0.5, 0.6) is 5.75 Å². The minimum absolute atomic E-state index is 0.0145. The number of nitrogens with zero attached hydrogens (tertiary/aromatic N) is 1. The molecule has 27 heavy (non-hydrogen) atoms. The Labute approximate surface area is 159 Å². The van der Waals surface area contributed by atoms with E-state index in [1.165, 1.54) is 28.8 Å². The van der Waals surface area contributed by atoms with E-state index in [4.69, 9.17) is 14.9 Å². The van der Waals surface area contributed by atoms with Crippen molar-refractivity contribution >= 4 is 21.6 Å². The third kappa shape index (κ3) is 4.68. The summed E-state index contributed by atoms with van der Waals surface area (Å²) in [4.78, 5) is 12.4. The third-order valence-electron chi connectivity index (χ3n) is 3.94. The van der Waals surface area contributed by atoms with E-state index in [2.05, 4.69) is 5.32 Å². The lowest BCUT2D eigenvalue weighted by molar-refractivity contribution is 0.102. The Morgan fingerprint density at radius 3 is 2.48 bits per heavy atom. The van der Waals surface area contributed by atoms with E-state index >= 15 is 0 Å². The summed E-state index contributed by atoms with van der Waals surface area (Å²) >= 11 is 0. The van der Waals surface area contributed by atoms with Crippen LogP contribution in [0.3, 0.4) is 0 Å². The molecule has 0 saturated carbocycles. The van der Waals surface area contributed by atoms with Crippen LogP contribution in [0.15, 0.2) is 39.8 Å². The van der Waals surface area contributed by atoms with Crippen LogP contribution in [0.1, 0.15) is 36.9 Å². The van der Waals surface area contributed by atoms with Gasteiger partial charge in [-0.1, -0.05) is 13.8 Å². The molecule has 0 aliphatic heterocycles. The van der Waals surface area contributed by atoms with Crippen molar-refractivity contribution in [1.29, 1.82) is 0 Å². The van der Waals surface area contributed by atoms with Crippen LogP contribution >= 0.6 is 0 Å². The van der Waals surface area contributed by atoms with Crippen LogP contribution in [0.2, 0.25) is 0 Å². The van der Waals surface area contributed by atoms with Gasteiger partial charge in [-0.3, -0.25) is 4.79 Å². The molecule has 0 atom stereocenters. The fourth-order valence-corrected chi connectivity index (χ4v) is 4.19. The number of hydrogen-bond donors (Lipinski definition) is 2. The van der Waals surface area contributed by atoms with E-state index < -0.39 is 15.9 Å². The second kappa shape index (κ2) is 9.03. The largest absolute Gasteiger partial charge is 0.492 e. The monoisotopic (exact) mass is 395 g/mol. The van der Waals surface area contributed by atoms with Crippen LogP contribution in [0.25, 0.3) is 0 Å². The van der Waals surface area contributed by atoms with Crippen molar-refractivity contribution < 1.29 is 22.4 Å². The van der Waals surface area contributed by atoms with Crippen molar-refractivity contribution in [3.63, 3.8) is 0 Å². The Bertz CT molecular complexity index is 888. The summed E-state index contributed by atoms with van der Waals surface area (Å²) in [6.45, 7) is 6.47. The number of benzene rings is 1. The number of nitrogens with one attached hydrogen (secondary N) is 1. The Hall–Kier alpha value is -2.36. The lowest BCUT2D eigenvalue weighted by Crippen LogP contribution is -2.31. The highest BCUT2D eigenvalue weighted by Crippen LogP contribution is 2.30. The fraction of sp³-hybridized carbons (Fsp3) is 0.389.